The number of aromatic nitrogens is 2. The van der Waals surface area contributed by atoms with Crippen molar-refractivity contribution in [3.05, 3.63) is 62.4 Å². The Morgan fingerprint density at radius 1 is 1.29 bits per heavy atom. The summed E-state index contributed by atoms with van der Waals surface area (Å²) in [6, 6.07) is 6.99. The molecule has 0 aliphatic rings. The number of hydrazone groups is 1. The lowest BCUT2D eigenvalue weighted by molar-refractivity contribution is 0.0953. The van der Waals surface area contributed by atoms with E-state index >= 15 is 0 Å². The number of rotatable bonds is 4. The number of nitrogens with one attached hydrogen (secondary N) is 3. The number of carbonyl (C=O) groups is 1. The van der Waals surface area contributed by atoms with Gasteiger partial charge in [0.2, 0.25) is 0 Å². The van der Waals surface area contributed by atoms with Crippen molar-refractivity contribution >= 4 is 12.1 Å². The maximum atomic E-state index is 11.7. The Kier molecular flexibility index (Phi) is 4.30. The third-order valence-corrected chi connectivity index (χ3v) is 2.56. The molecule has 8 heteroatoms. The molecule has 0 aliphatic heterocycles. The fourth-order valence-electron chi connectivity index (χ4n) is 1.49. The molecule has 0 atom stereocenters. The van der Waals surface area contributed by atoms with Gasteiger partial charge in [0.1, 0.15) is 11.3 Å². The molecule has 2 rings (SSSR count). The molecule has 0 radical (unpaired) electrons. The van der Waals surface area contributed by atoms with E-state index < -0.39 is 17.2 Å². The van der Waals surface area contributed by atoms with Crippen molar-refractivity contribution in [1.82, 2.24) is 15.4 Å². The standard InChI is InChI=1S/C13H12N4O4/c1-21-9-4-2-8(3-5-9)6-15-17-12(19)10-7-14-13(20)16-11(10)18/h2-7H,1H3,(H,17,19)(H2,14,16,18,20). The van der Waals surface area contributed by atoms with Crippen LogP contribution >= 0.6 is 0 Å². The summed E-state index contributed by atoms with van der Waals surface area (Å²) >= 11 is 0. The molecular weight excluding hydrogens is 276 g/mol. The smallest absolute Gasteiger partial charge is 0.325 e. The summed E-state index contributed by atoms with van der Waals surface area (Å²) in [6.45, 7) is 0. The summed E-state index contributed by atoms with van der Waals surface area (Å²) in [5.41, 5.74) is 1.24. The number of ether oxygens (including phenoxy) is 1. The topological polar surface area (TPSA) is 116 Å². The summed E-state index contributed by atoms with van der Waals surface area (Å²) in [4.78, 5) is 38.0. The maximum absolute atomic E-state index is 11.7. The first-order chi connectivity index (χ1) is 10.1. The highest BCUT2D eigenvalue weighted by Crippen LogP contribution is 2.09. The lowest BCUT2D eigenvalue weighted by Gasteiger charge is -1.99. The number of nitrogens with zero attached hydrogens (tertiary/aromatic N) is 1. The molecule has 3 N–H and O–H groups in total. The van der Waals surface area contributed by atoms with Crippen molar-refractivity contribution in [2.45, 2.75) is 0 Å². The quantitative estimate of drug-likeness (QED) is 0.535. The van der Waals surface area contributed by atoms with E-state index in [1.807, 2.05) is 4.98 Å². The average molecular weight is 288 g/mol. The van der Waals surface area contributed by atoms with Crippen LogP contribution in [0.5, 0.6) is 5.75 Å². The van der Waals surface area contributed by atoms with Crippen LogP contribution in [0.1, 0.15) is 15.9 Å². The second-order valence-electron chi connectivity index (χ2n) is 3.96. The minimum absolute atomic E-state index is 0.235. The van der Waals surface area contributed by atoms with Crippen LogP contribution in [0.2, 0.25) is 0 Å². The van der Waals surface area contributed by atoms with Crippen LogP contribution < -0.4 is 21.4 Å². The van der Waals surface area contributed by atoms with Gasteiger partial charge in [-0.05, 0) is 29.8 Å². The van der Waals surface area contributed by atoms with Crippen molar-refractivity contribution in [3.63, 3.8) is 0 Å². The molecule has 1 heterocycles. The van der Waals surface area contributed by atoms with E-state index in [0.29, 0.717) is 5.75 Å². The van der Waals surface area contributed by atoms with Gasteiger partial charge in [0.15, 0.2) is 0 Å². The van der Waals surface area contributed by atoms with Gasteiger partial charge in [0, 0.05) is 6.20 Å². The van der Waals surface area contributed by atoms with Crippen LogP contribution in [0.4, 0.5) is 0 Å². The van der Waals surface area contributed by atoms with E-state index in [0.717, 1.165) is 11.8 Å². The zero-order valence-corrected chi connectivity index (χ0v) is 11.0. The molecule has 1 amide bonds. The van der Waals surface area contributed by atoms with E-state index in [2.05, 4.69) is 15.5 Å². The molecule has 0 saturated heterocycles. The first-order valence-electron chi connectivity index (χ1n) is 5.89. The van der Waals surface area contributed by atoms with Crippen molar-refractivity contribution in [2.75, 3.05) is 7.11 Å². The van der Waals surface area contributed by atoms with Crippen molar-refractivity contribution in [3.8, 4) is 5.75 Å². The highest BCUT2D eigenvalue weighted by atomic mass is 16.5. The Labute approximate surface area is 118 Å². The first-order valence-corrected chi connectivity index (χ1v) is 5.89. The van der Waals surface area contributed by atoms with Crippen molar-refractivity contribution < 1.29 is 9.53 Å². The summed E-state index contributed by atoms with van der Waals surface area (Å²) in [7, 11) is 1.56. The predicted octanol–water partition coefficient (Wildman–Crippen LogP) is -0.164. The molecule has 1 aromatic carbocycles. The first kappa shape index (κ1) is 14.3. The number of amides is 1. The molecule has 1 aromatic heterocycles. The van der Waals surface area contributed by atoms with Gasteiger partial charge in [-0.25, -0.2) is 10.2 Å². The van der Waals surface area contributed by atoms with Crippen LogP contribution in [0.15, 0.2) is 45.2 Å². The van der Waals surface area contributed by atoms with Gasteiger partial charge in [0.05, 0.1) is 13.3 Å². The Balaban J connectivity index is 2.04. The number of methoxy groups -OCH3 is 1. The van der Waals surface area contributed by atoms with Gasteiger partial charge < -0.3 is 9.72 Å². The summed E-state index contributed by atoms with van der Waals surface area (Å²) in [6.07, 6.45) is 2.44. The van der Waals surface area contributed by atoms with Crippen LogP contribution in [-0.4, -0.2) is 29.2 Å². The fourth-order valence-corrected chi connectivity index (χ4v) is 1.49. The molecule has 108 valence electrons. The SMILES string of the molecule is COc1ccc(C=NNC(=O)c2c[nH]c(=O)[nH]c2=O)cc1. The van der Waals surface area contributed by atoms with E-state index in [9.17, 15) is 14.4 Å². The summed E-state index contributed by atoms with van der Waals surface area (Å²) in [5.74, 6) is -0.0202. The third-order valence-electron chi connectivity index (χ3n) is 2.56. The Morgan fingerprint density at radius 3 is 2.62 bits per heavy atom. The molecule has 0 saturated carbocycles. The highest BCUT2D eigenvalue weighted by Gasteiger charge is 2.09. The zero-order valence-electron chi connectivity index (χ0n) is 11.0. The number of benzene rings is 1. The lowest BCUT2D eigenvalue weighted by Crippen LogP contribution is -2.31. The normalized spacial score (nSPS) is 10.5. The molecule has 21 heavy (non-hydrogen) atoms. The second-order valence-corrected chi connectivity index (χ2v) is 3.96. The van der Waals surface area contributed by atoms with E-state index in [1.165, 1.54) is 6.21 Å². The molecule has 0 unspecified atom stereocenters. The van der Waals surface area contributed by atoms with Crippen LogP contribution in [0.3, 0.4) is 0 Å². The van der Waals surface area contributed by atoms with Crippen LogP contribution in [-0.2, 0) is 0 Å². The molecule has 0 spiro atoms. The van der Waals surface area contributed by atoms with Gasteiger partial charge in [-0.1, -0.05) is 0 Å². The van der Waals surface area contributed by atoms with Crippen molar-refractivity contribution in [1.29, 1.82) is 0 Å². The molecule has 2 aromatic rings. The molecular formula is C13H12N4O4. The lowest BCUT2D eigenvalue weighted by atomic mass is 10.2. The Hall–Kier alpha value is -3.16. The summed E-state index contributed by atoms with van der Waals surface area (Å²) in [5, 5.41) is 3.73. The number of aromatic amines is 2. The monoisotopic (exact) mass is 288 g/mol. The van der Waals surface area contributed by atoms with Gasteiger partial charge in [-0.2, -0.15) is 5.10 Å². The Morgan fingerprint density at radius 2 is 2.00 bits per heavy atom. The van der Waals surface area contributed by atoms with E-state index in [1.54, 1.807) is 31.4 Å². The number of carbonyl (C=O) groups excluding carboxylic acids is 1. The number of hydrogen-bond donors (Lipinski definition) is 3. The average Bonchev–Trinajstić information content (AvgIpc) is 2.47. The van der Waals surface area contributed by atoms with Gasteiger partial charge in [-0.15, -0.1) is 0 Å². The van der Waals surface area contributed by atoms with E-state index in [-0.39, 0.29) is 5.56 Å². The molecule has 0 fully saturated rings. The van der Waals surface area contributed by atoms with Crippen LogP contribution in [0, 0.1) is 0 Å². The zero-order chi connectivity index (χ0) is 15.2. The van der Waals surface area contributed by atoms with Crippen molar-refractivity contribution in [2.24, 2.45) is 5.10 Å². The minimum atomic E-state index is -0.782. The summed E-state index contributed by atoms with van der Waals surface area (Å²) < 4.78 is 5.01. The van der Waals surface area contributed by atoms with E-state index in [4.69, 9.17) is 4.74 Å². The predicted molar refractivity (Wildman–Crippen MR) is 75.7 cm³/mol. The van der Waals surface area contributed by atoms with Gasteiger partial charge in [0.25, 0.3) is 11.5 Å². The molecule has 0 bridgehead atoms. The van der Waals surface area contributed by atoms with Crippen LogP contribution in [0.25, 0.3) is 0 Å². The van der Waals surface area contributed by atoms with Gasteiger partial charge >= 0.3 is 5.69 Å². The maximum Gasteiger partial charge on any atom is 0.325 e. The highest BCUT2D eigenvalue weighted by molar-refractivity contribution is 5.94. The Bertz CT molecular complexity index is 774. The minimum Gasteiger partial charge on any atom is -0.497 e. The largest absolute Gasteiger partial charge is 0.497 e. The second kappa shape index (κ2) is 6.33. The fraction of sp³-hybridized carbons (Fsp3) is 0.0769. The molecule has 8 nitrogen and oxygen atoms in total. The third kappa shape index (κ3) is 3.66. The van der Waals surface area contributed by atoms with Gasteiger partial charge in [-0.3, -0.25) is 14.6 Å². The molecule has 0 aliphatic carbocycles. The number of H-pyrrole nitrogens is 2. The number of hydrogen-bond acceptors (Lipinski definition) is 5.